The zero-order valence-corrected chi connectivity index (χ0v) is 12.8. The van der Waals surface area contributed by atoms with Crippen molar-refractivity contribution in [3.63, 3.8) is 0 Å². The van der Waals surface area contributed by atoms with E-state index < -0.39 is 0 Å². The fourth-order valence-corrected chi connectivity index (χ4v) is 2.43. The maximum absolute atomic E-state index is 12.3. The zero-order chi connectivity index (χ0) is 16.4. The molecular weight excluding hydrogens is 296 g/mol. The summed E-state index contributed by atoms with van der Waals surface area (Å²) in [4.78, 5) is 24.7. The third-order valence-corrected chi connectivity index (χ3v) is 3.50. The number of fused-ring (bicyclic) bond motifs is 1. The highest BCUT2D eigenvalue weighted by atomic mass is 16.5. The van der Waals surface area contributed by atoms with Crippen LogP contribution in [0.5, 0.6) is 11.5 Å². The van der Waals surface area contributed by atoms with Crippen molar-refractivity contribution >= 4 is 17.5 Å². The number of nitrogens with zero attached hydrogens (tertiary/aromatic N) is 1. The minimum atomic E-state index is -0.376. The summed E-state index contributed by atoms with van der Waals surface area (Å²) in [5, 5.41) is 1.00. The Morgan fingerprint density at radius 2 is 1.65 bits per heavy atom. The third-order valence-electron chi connectivity index (χ3n) is 3.50. The standard InChI is InChI=1S/C17H16N2O4/c1-3-23-15-10-11(8-9-14(15)22-2)18-19-16(20)12-6-4-5-7-13(12)17(19)21/h4-10,18H,3H2,1-2H3. The van der Waals surface area contributed by atoms with Gasteiger partial charge in [-0.1, -0.05) is 12.1 Å². The Hall–Kier alpha value is -3.02. The number of methoxy groups -OCH3 is 1. The van der Waals surface area contributed by atoms with Crippen LogP contribution in [0.4, 0.5) is 5.69 Å². The van der Waals surface area contributed by atoms with Crippen molar-refractivity contribution in [1.29, 1.82) is 0 Å². The van der Waals surface area contributed by atoms with Gasteiger partial charge in [-0.15, -0.1) is 0 Å². The molecule has 0 aliphatic carbocycles. The fourth-order valence-electron chi connectivity index (χ4n) is 2.43. The van der Waals surface area contributed by atoms with Crippen molar-refractivity contribution < 1.29 is 19.1 Å². The van der Waals surface area contributed by atoms with Gasteiger partial charge in [0.1, 0.15) is 0 Å². The normalized spacial score (nSPS) is 13.0. The predicted octanol–water partition coefficient (Wildman–Crippen LogP) is 2.72. The van der Waals surface area contributed by atoms with Crippen molar-refractivity contribution in [1.82, 2.24) is 5.01 Å². The van der Waals surface area contributed by atoms with Crippen LogP contribution >= 0.6 is 0 Å². The molecule has 0 aromatic heterocycles. The van der Waals surface area contributed by atoms with Crippen LogP contribution in [-0.2, 0) is 0 Å². The largest absolute Gasteiger partial charge is 0.493 e. The van der Waals surface area contributed by atoms with Crippen LogP contribution in [-0.4, -0.2) is 30.5 Å². The molecule has 2 aromatic rings. The van der Waals surface area contributed by atoms with E-state index in [1.807, 2.05) is 6.92 Å². The maximum atomic E-state index is 12.3. The Morgan fingerprint density at radius 3 is 2.22 bits per heavy atom. The molecule has 0 saturated carbocycles. The lowest BCUT2D eigenvalue weighted by Gasteiger charge is -2.18. The van der Waals surface area contributed by atoms with E-state index in [0.717, 1.165) is 5.01 Å². The van der Waals surface area contributed by atoms with E-state index in [1.54, 1.807) is 49.6 Å². The number of carbonyl (C=O) groups excluding carboxylic acids is 2. The van der Waals surface area contributed by atoms with Crippen LogP contribution < -0.4 is 14.9 Å². The summed E-state index contributed by atoms with van der Waals surface area (Å²) in [6.45, 7) is 2.34. The second-order valence-corrected chi connectivity index (χ2v) is 4.90. The molecule has 6 nitrogen and oxygen atoms in total. The molecule has 0 fully saturated rings. The van der Waals surface area contributed by atoms with Crippen LogP contribution in [0.25, 0.3) is 0 Å². The molecular formula is C17H16N2O4. The van der Waals surface area contributed by atoms with Gasteiger partial charge < -0.3 is 9.47 Å². The van der Waals surface area contributed by atoms with Crippen LogP contribution in [0.1, 0.15) is 27.6 Å². The minimum Gasteiger partial charge on any atom is -0.493 e. The third kappa shape index (κ3) is 2.59. The minimum absolute atomic E-state index is 0.376. The molecule has 0 atom stereocenters. The van der Waals surface area contributed by atoms with Gasteiger partial charge in [-0.3, -0.25) is 15.0 Å². The lowest BCUT2D eigenvalue weighted by atomic mass is 10.1. The topological polar surface area (TPSA) is 67.9 Å². The molecule has 3 rings (SSSR count). The Kier molecular flexibility index (Phi) is 3.89. The highest BCUT2D eigenvalue weighted by Crippen LogP contribution is 2.31. The molecule has 1 aliphatic heterocycles. The molecule has 1 aliphatic rings. The van der Waals surface area contributed by atoms with E-state index in [9.17, 15) is 9.59 Å². The molecule has 118 valence electrons. The van der Waals surface area contributed by atoms with E-state index in [1.165, 1.54) is 0 Å². The molecule has 0 radical (unpaired) electrons. The van der Waals surface area contributed by atoms with Gasteiger partial charge in [0.2, 0.25) is 0 Å². The van der Waals surface area contributed by atoms with Crippen LogP contribution in [0.2, 0.25) is 0 Å². The zero-order valence-electron chi connectivity index (χ0n) is 12.8. The summed E-state index contributed by atoms with van der Waals surface area (Å²) in [5.74, 6) is 0.370. The summed E-state index contributed by atoms with van der Waals surface area (Å²) in [6, 6.07) is 11.8. The van der Waals surface area contributed by atoms with Gasteiger partial charge in [0, 0.05) is 6.07 Å². The smallest absolute Gasteiger partial charge is 0.280 e. The second-order valence-electron chi connectivity index (χ2n) is 4.90. The van der Waals surface area contributed by atoms with Gasteiger partial charge in [0.25, 0.3) is 11.8 Å². The SMILES string of the molecule is CCOc1cc(NN2C(=O)c3ccccc3C2=O)ccc1OC. The van der Waals surface area contributed by atoms with Crippen molar-refractivity contribution in [2.75, 3.05) is 19.1 Å². The van der Waals surface area contributed by atoms with Crippen molar-refractivity contribution in [3.05, 3.63) is 53.6 Å². The van der Waals surface area contributed by atoms with Crippen molar-refractivity contribution in [2.45, 2.75) is 6.92 Å². The molecule has 0 spiro atoms. The number of amides is 2. The highest BCUT2D eigenvalue weighted by Gasteiger charge is 2.35. The molecule has 6 heteroatoms. The average molecular weight is 312 g/mol. The van der Waals surface area contributed by atoms with E-state index in [2.05, 4.69) is 5.43 Å². The fraction of sp³-hybridized carbons (Fsp3) is 0.176. The Labute approximate surface area is 133 Å². The predicted molar refractivity (Wildman–Crippen MR) is 84.7 cm³/mol. The molecule has 1 heterocycles. The first kappa shape index (κ1) is 14.9. The molecule has 1 N–H and O–H groups in total. The monoisotopic (exact) mass is 312 g/mol. The number of benzene rings is 2. The number of hydrogen-bond donors (Lipinski definition) is 1. The number of anilines is 1. The molecule has 0 saturated heterocycles. The number of hydrazine groups is 1. The van der Waals surface area contributed by atoms with Gasteiger partial charge in [-0.2, -0.15) is 5.01 Å². The molecule has 0 unspecified atom stereocenters. The van der Waals surface area contributed by atoms with Gasteiger partial charge in [-0.25, -0.2) is 0 Å². The molecule has 0 bridgehead atoms. The number of hydrogen-bond acceptors (Lipinski definition) is 5. The quantitative estimate of drug-likeness (QED) is 0.860. The summed E-state index contributed by atoms with van der Waals surface area (Å²) < 4.78 is 10.7. The Morgan fingerprint density at radius 1 is 1.00 bits per heavy atom. The Balaban J connectivity index is 1.87. The van der Waals surface area contributed by atoms with Crippen molar-refractivity contribution in [3.8, 4) is 11.5 Å². The molecule has 2 aromatic carbocycles. The lowest BCUT2D eigenvalue weighted by Crippen LogP contribution is -2.35. The van der Waals surface area contributed by atoms with Gasteiger partial charge >= 0.3 is 0 Å². The number of rotatable bonds is 5. The van der Waals surface area contributed by atoms with E-state index in [0.29, 0.717) is 34.9 Å². The summed E-state index contributed by atoms with van der Waals surface area (Å²) in [7, 11) is 1.55. The highest BCUT2D eigenvalue weighted by molar-refractivity contribution is 6.21. The first-order valence-electron chi connectivity index (χ1n) is 7.21. The van der Waals surface area contributed by atoms with Crippen LogP contribution in [0.15, 0.2) is 42.5 Å². The average Bonchev–Trinajstić information content (AvgIpc) is 2.81. The number of nitrogens with one attached hydrogen (secondary N) is 1. The van der Waals surface area contributed by atoms with Crippen molar-refractivity contribution in [2.24, 2.45) is 0 Å². The number of imide groups is 1. The van der Waals surface area contributed by atoms with E-state index >= 15 is 0 Å². The lowest BCUT2D eigenvalue weighted by molar-refractivity contribution is 0.0691. The van der Waals surface area contributed by atoms with E-state index in [-0.39, 0.29) is 11.8 Å². The number of carbonyl (C=O) groups is 2. The van der Waals surface area contributed by atoms with Gasteiger partial charge in [0.15, 0.2) is 11.5 Å². The molecule has 2 amide bonds. The van der Waals surface area contributed by atoms with Crippen LogP contribution in [0.3, 0.4) is 0 Å². The second kappa shape index (κ2) is 6.00. The first-order chi connectivity index (χ1) is 11.2. The summed E-state index contributed by atoms with van der Waals surface area (Å²) >= 11 is 0. The maximum Gasteiger partial charge on any atom is 0.280 e. The summed E-state index contributed by atoms with van der Waals surface area (Å²) in [5.41, 5.74) is 4.18. The summed E-state index contributed by atoms with van der Waals surface area (Å²) in [6.07, 6.45) is 0. The van der Waals surface area contributed by atoms with Gasteiger partial charge in [-0.05, 0) is 31.2 Å². The first-order valence-corrected chi connectivity index (χ1v) is 7.21. The van der Waals surface area contributed by atoms with Gasteiger partial charge in [0.05, 0.1) is 30.5 Å². The molecule has 23 heavy (non-hydrogen) atoms. The Bertz CT molecular complexity index is 738. The van der Waals surface area contributed by atoms with Crippen LogP contribution in [0, 0.1) is 0 Å². The van der Waals surface area contributed by atoms with E-state index in [4.69, 9.17) is 9.47 Å². The number of ether oxygens (including phenoxy) is 2.